The Morgan fingerprint density at radius 1 is 1.18 bits per heavy atom. The zero-order valence-electron chi connectivity index (χ0n) is 17.6. The summed E-state index contributed by atoms with van der Waals surface area (Å²) in [6.45, 7) is 1.88. The van der Waals surface area contributed by atoms with Crippen molar-refractivity contribution >= 4 is 45.2 Å². The Kier molecular flexibility index (Phi) is 6.29. The van der Waals surface area contributed by atoms with Gasteiger partial charge < -0.3 is 23.9 Å². The van der Waals surface area contributed by atoms with E-state index in [1.54, 1.807) is 19.1 Å². The van der Waals surface area contributed by atoms with E-state index >= 15 is 0 Å². The van der Waals surface area contributed by atoms with Gasteiger partial charge in [0.1, 0.15) is 5.75 Å². The smallest absolute Gasteiger partial charge is 0.449 e. The number of aromatic amines is 1. The van der Waals surface area contributed by atoms with Crippen molar-refractivity contribution in [3.8, 4) is 17.4 Å². The number of carbonyl (C=O) groups is 1. The molecule has 0 aliphatic heterocycles. The van der Waals surface area contributed by atoms with Crippen molar-refractivity contribution in [2.45, 2.75) is 13.5 Å². The fraction of sp³-hybridized carbons (Fsp3) is 0.182. The summed E-state index contributed by atoms with van der Waals surface area (Å²) in [5.74, 6) is 0.391. The van der Waals surface area contributed by atoms with Crippen LogP contribution in [0.4, 0.5) is 10.5 Å². The van der Waals surface area contributed by atoms with Crippen molar-refractivity contribution in [1.82, 2.24) is 9.97 Å². The number of carbonyl (C=O) groups excluding carboxylic acids is 1. The number of aromatic nitrogens is 2. The van der Waals surface area contributed by atoms with Crippen molar-refractivity contribution in [2.75, 3.05) is 13.7 Å². The standard InChI is InChI=1S/C22H18ClN3O7/c1-3-31-22(27)33-21-13(11-30-2)19-15(10-24-21)25-14-5-4-6-18(20(14)19)32-17-8-7-12(23)9-16(17)26(28)29/h4-10,25H,3,11H2,1-2H3. The Morgan fingerprint density at radius 3 is 2.73 bits per heavy atom. The van der Waals surface area contributed by atoms with Gasteiger partial charge in [0.2, 0.25) is 11.6 Å². The number of pyridine rings is 1. The van der Waals surface area contributed by atoms with Gasteiger partial charge in [0.15, 0.2) is 0 Å². The fourth-order valence-electron chi connectivity index (χ4n) is 3.47. The monoisotopic (exact) mass is 471 g/mol. The maximum absolute atomic E-state index is 11.9. The third-order valence-electron chi connectivity index (χ3n) is 4.75. The minimum absolute atomic E-state index is 0.0241. The highest BCUT2D eigenvalue weighted by Gasteiger charge is 2.22. The van der Waals surface area contributed by atoms with E-state index in [0.717, 1.165) is 0 Å². The summed E-state index contributed by atoms with van der Waals surface area (Å²) in [5.41, 5.74) is 1.53. The molecule has 10 nitrogen and oxygen atoms in total. The summed E-state index contributed by atoms with van der Waals surface area (Å²) >= 11 is 5.92. The SMILES string of the molecule is CCOC(=O)Oc1ncc2[nH]c3cccc(Oc4ccc(Cl)cc4[N+](=O)[O-])c3c2c1COC. The maximum Gasteiger partial charge on any atom is 0.515 e. The highest BCUT2D eigenvalue weighted by atomic mass is 35.5. The van der Waals surface area contributed by atoms with Crippen LogP contribution in [0.25, 0.3) is 21.8 Å². The van der Waals surface area contributed by atoms with Gasteiger partial charge in [0.05, 0.1) is 46.3 Å². The second-order valence-electron chi connectivity index (χ2n) is 6.82. The molecule has 4 aromatic rings. The van der Waals surface area contributed by atoms with Crippen LogP contribution < -0.4 is 9.47 Å². The predicted octanol–water partition coefficient (Wildman–Crippen LogP) is 5.75. The van der Waals surface area contributed by atoms with Crippen molar-refractivity contribution in [1.29, 1.82) is 0 Å². The lowest BCUT2D eigenvalue weighted by Crippen LogP contribution is -2.12. The van der Waals surface area contributed by atoms with Crippen LogP contribution in [0, 0.1) is 10.1 Å². The molecule has 0 saturated carbocycles. The number of nitrogens with one attached hydrogen (secondary N) is 1. The Hall–Kier alpha value is -3.89. The van der Waals surface area contributed by atoms with Gasteiger partial charge in [-0.2, -0.15) is 0 Å². The van der Waals surface area contributed by atoms with E-state index in [-0.39, 0.29) is 35.6 Å². The fourth-order valence-corrected chi connectivity index (χ4v) is 3.64. The van der Waals surface area contributed by atoms with Crippen molar-refractivity contribution < 1.29 is 28.7 Å². The maximum atomic E-state index is 11.9. The molecule has 0 amide bonds. The molecule has 0 saturated heterocycles. The van der Waals surface area contributed by atoms with Gasteiger partial charge in [-0.05, 0) is 31.2 Å². The summed E-state index contributed by atoms with van der Waals surface area (Å²) in [5, 5.41) is 13.0. The second-order valence-corrected chi connectivity index (χ2v) is 7.26. The van der Waals surface area contributed by atoms with Gasteiger partial charge in [-0.3, -0.25) is 10.1 Å². The minimum Gasteiger partial charge on any atom is -0.449 e. The van der Waals surface area contributed by atoms with Gasteiger partial charge >= 0.3 is 11.8 Å². The average Bonchev–Trinajstić information content (AvgIpc) is 3.16. The van der Waals surface area contributed by atoms with Crippen molar-refractivity contribution in [2.24, 2.45) is 0 Å². The molecule has 0 radical (unpaired) electrons. The molecule has 11 heteroatoms. The van der Waals surface area contributed by atoms with E-state index in [2.05, 4.69) is 9.97 Å². The molecule has 2 aromatic carbocycles. The van der Waals surface area contributed by atoms with E-state index in [1.165, 1.54) is 31.5 Å². The molecule has 170 valence electrons. The average molecular weight is 472 g/mol. The lowest BCUT2D eigenvalue weighted by Gasteiger charge is -2.11. The van der Waals surface area contributed by atoms with Crippen LogP contribution in [0.5, 0.6) is 17.4 Å². The lowest BCUT2D eigenvalue weighted by molar-refractivity contribution is -0.385. The van der Waals surface area contributed by atoms with E-state index in [9.17, 15) is 14.9 Å². The normalized spacial score (nSPS) is 11.0. The summed E-state index contributed by atoms with van der Waals surface area (Å²) < 4.78 is 21.4. The topological polar surface area (TPSA) is 126 Å². The van der Waals surface area contributed by atoms with Crippen LogP contribution in [-0.4, -0.2) is 34.8 Å². The van der Waals surface area contributed by atoms with Crippen molar-refractivity contribution in [3.63, 3.8) is 0 Å². The Balaban J connectivity index is 1.91. The third-order valence-corrected chi connectivity index (χ3v) is 4.99. The Morgan fingerprint density at radius 2 is 2.00 bits per heavy atom. The van der Waals surface area contributed by atoms with Crippen LogP contribution in [0.3, 0.4) is 0 Å². The largest absolute Gasteiger partial charge is 0.515 e. The number of nitro groups is 1. The van der Waals surface area contributed by atoms with Crippen molar-refractivity contribution in [3.05, 3.63) is 63.3 Å². The van der Waals surface area contributed by atoms with Gasteiger partial charge in [-0.15, -0.1) is 0 Å². The summed E-state index contributed by atoms with van der Waals surface area (Å²) in [4.78, 5) is 30.3. The van der Waals surface area contributed by atoms with Gasteiger partial charge in [0, 0.05) is 23.6 Å². The first kappa shape index (κ1) is 22.3. The molecule has 4 rings (SSSR count). The molecule has 0 fully saturated rings. The Bertz CT molecular complexity index is 1370. The zero-order valence-corrected chi connectivity index (χ0v) is 18.3. The number of nitrogens with zero attached hydrogens (tertiary/aromatic N) is 2. The number of rotatable bonds is 7. The van der Waals surface area contributed by atoms with E-state index < -0.39 is 11.1 Å². The number of benzene rings is 2. The number of hydrogen-bond donors (Lipinski definition) is 1. The van der Waals surface area contributed by atoms with Gasteiger partial charge in [-0.1, -0.05) is 17.7 Å². The molecule has 0 spiro atoms. The first-order valence-electron chi connectivity index (χ1n) is 9.80. The molecule has 0 aliphatic carbocycles. The quantitative estimate of drug-likeness (QED) is 0.205. The summed E-state index contributed by atoms with van der Waals surface area (Å²) in [7, 11) is 1.50. The first-order valence-corrected chi connectivity index (χ1v) is 10.2. The molecule has 0 atom stereocenters. The number of ether oxygens (including phenoxy) is 4. The van der Waals surface area contributed by atoms with E-state index in [1.807, 2.05) is 6.07 Å². The number of H-pyrrole nitrogens is 1. The number of hydrogen-bond acceptors (Lipinski definition) is 8. The first-order chi connectivity index (χ1) is 15.9. The number of nitro benzene ring substituents is 1. The predicted molar refractivity (Wildman–Crippen MR) is 120 cm³/mol. The van der Waals surface area contributed by atoms with E-state index in [4.69, 9.17) is 30.5 Å². The number of methoxy groups -OCH3 is 1. The third kappa shape index (κ3) is 4.38. The Labute approximate surface area is 192 Å². The molecule has 2 heterocycles. The summed E-state index contributed by atoms with van der Waals surface area (Å²) in [6.07, 6.45) is 0.618. The molecule has 0 bridgehead atoms. The highest BCUT2D eigenvalue weighted by molar-refractivity contribution is 6.30. The molecule has 1 N–H and O–H groups in total. The van der Waals surface area contributed by atoms with Gasteiger partial charge in [-0.25, -0.2) is 9.78 Å². The number of fused-ring (bicyclic) bond motifs is 3. The van der Waals surface area contributed by atoms with Gasteiger partial charge in [0.25, 0.3) is 0 Å². The zero-order chi connectivity index (χ0) is 23.5. The highest BCUT2D eigenvalue weighted by Crippen LogP contribution is 2.41. The minimum atomic E-state index is -0.894. The lowest BCUT2D eigenvalue weighted by atomic mass is 10.1. The van der Waals surface area contributed by atoms with Crippen LogP contribution in [0.1, 0.15) is 12.5 Å². The van der Waals surface area contributed by atoms with Crippen LogP contribution in [-0.2, 0) is 16.1 Å². The van der Waals surface area contributed by atoms with E-state index in [0.29, 0.717) is 33.1 Å². The van der Waals surface area contributed by atoms with Crippen LogP contribution in [0.2, 0.25) is 5.02 Å². The molecular formula is C22H18ClN3O7. The molecular weight excluding hydrogens is 454 g/mol. The molecule has 0 unspecified atom stereocenters. The number of halogens is 1. The molecule has 0 aliphatic rings. The van der Waals surface area contributed by atoms with Crippen LogP contribution in [0.15, 0.2) is 42.6 Å². The molecule has 2 aromatic heterocycles. The second kappa shape index (κ2) is 9.31. The summed E-state index contributed by atoms with van der Waals surface area (Å²) in [6, 6.07) is 9.40. The molecule has 33 heavy (non-hydrogen) atoms. The van der Waals surface area contributed by atoms with Crippen LogP contribution >= 0.6 is 11.6 Å².